The Bertz CT molecular complexity index is 781. The number of nitrogens with one attached hydrogen (secondary N) is 1. The molecule has 0 radical (unpaired) electrons. The highest BCUT2D eigenvalue weighted by molar-refractivity contribution is 5.99. The monoisotopic (exact) mass is 272 g/mol. The molecule has 20 heavy (non-hydrogen) atoms. The summed E-state index contributed by atoms with van der Waals surface area (Å²) in [7, 11) is 0. The molecule has 0 aliphatic carbocycles. The summed E-state index contributed by atoms with van der Waals surface area (Å²) in [6.45, 7) is 1.84. The summed E-state index contributed by atoms with van der Waals surface area (Å²) in [5.41, 5.74) is 1.01. The number of hydrogen-bond acceptors (Lipinski definition) is 5. The number of aromatic nitrogens is 3. The van der Waals surface area contributed by atoms with Crippen LogP contribution in [0.2, 0.25) is 0 Å². The van der Waals surface area contributed by atoms with Gasteiger partial charge in [0.1, 0.15) is 11.6 Å². The van der Waals surface area contributed by atoms with E-state index in [0.29, 0.717) is 10.9 Å². The first-order chi connectivity index (χ1) is 9.58. The maximum atomic E-state index is 12.4. The lowest BCUT2D eigenvalue weighted by molar-refractivity contribution is -0.136. The normalized spacial score (nSPS) is 19.1. The van der Waals surface area contributed by atoms with E-state index in [-0.39, 0.29) is 24.3 Å². The Morgan fingerprint density at radius 2 is 2.10 bits per heavy atom. The topological polar surface area (TPSA) is 94.0 Å². The third kappa shape index (κ3) is 1.87. The van der Waals surface area contributed by atoms with Gasteiger partial charge < -0.3 is 0 Å². The molecule has 2 amide bonds. The lowest BCUT2D eigenvalue weighted by atomic mass is 10.1. The minimum atomic E-state index is -0.780. The van der Waals surface area contributed by atoms with Crippen LogP contribution < -0.4 is 10.9 Å². The van der Waals surface area contributed by atoms with Gasteiger partial charge in [0.25, 0.3) is 11.5 Å². The molecule has 7 nitrogen and oxygen atoms in total. The fraction of sp³-hybridized carbons (Fsp3) is 0.308. The molecule has 1 atom stereocenters. The van der Waals surface area contributed by atoms with Crippen LogP contribution in [0.3, 0.4) is 0 Å². The molecule has 0 bridgehead atoms. The zero-order valence-corrected chi connectivity index (χ0v) is 10.8. The number of benzene rings is 1. The van der Waals surface area contributed by atoms with Crippen LogP contribution in [0.15, 0.2) is 23.0 Å². The fourth-order valence-corrected chi connectivity index (χ4v) is 2.34. The molecular weight excluding hydrogens is 260 g/mol. The van der Waals surface area contributed by atoms with E-state index >= 15 is 0 Å². The minimum absolute atomic E-state index is 0.191. The molecule has 102 valence electrons. The first-order valence-corrected chi connectivity index (χ1v) is 6.26. The first-order valence-electron chi connectivity index (χ1n) is 6.26. The molecule has 2 heterocycles. The van der Waals surface area contributed by atoms with E-state index in [4.69, 9.17) is 0 Å². The number of nitrogens with zero attached hydrogens (tertiary/aromatic N) is 3. The van der Waals surface area contributed by atoms with E-state index in [9.17, 15) is 14.4 Å². The molecule has 1 saturated heterocycles. The number of hydrogen-bond donors (Lipinski definition) is 1. The minimum Gasteiger partial charge on any atom is -0.295 e. The summed E-state index contributed by atoms with van der Waals surface area (Å²) < 4.78 is 1.06. The van der Waals surface area contributed by atoms with E-state index in [2.05, 4.69) is 15.6 Å². The van der Waals surface area contributed by atoms with Gasteiger partial charge in [-0.25, -0.2) is 0 Å². The highest BCUT2D eigenvalue weighted by Crippen LogP contribution is 2.17. The van der Waals surface area contributed by atoms with Gasteiger partial charge in [0.2, 0.25) is 5.91 Å². The number of carbonyl (C=O) groups is 2. The molecular formula is C13H12N4O3. The molecule has 0 spiro atoms. The first kappa shape index (κ1) is 12.5. The molecule has 1 fully saturated rings. The summed E-state index contributed by atoms with van der Waals surface area (Å²) in [5.74, 6) is -0.839. The predicted molar refractivity (Wildman–Crippen MR) is 70.0 cm³/mol. The Morgan fingerprint density at radius 1 is 1.30 bits per heavy atom. The molecule has 1 aliphatic heterocycles. The van der Waals surface area contributed by atoms with E-state index in [1.165, 1.54) is 0 Å². The van der Waals surface area contributed by atoms with Crippen molar-refractivity contribution < 1.29 is 9.59 Å². The van der Waals surface area contributed by atoms with Crippen LogP contribution in [0.1, 0.15) is 24.4 Å². The summed E-state index contributed by atoms with van der Waals surface area (Å²) in [5, 5.41) is 10.5. The number of piperidine rings is 1. The van der Waals surface area contributed by atoms with E-state index in [1.807, 2.05) is 13.0 Å². The van der Waals surface area contributed by atoms with Crippen LogP contribution in [0.25, 0.3) is 10.9 Å². The van der Waals surface area contributed by atoms with Gasteiger partial charge in [-0.15, -0.1) is 5.10 Å². The second-order valence-corrected chi connectivity index (χ2v) is 4.78. The van der Waals surface area contributed by atoms with Crippen molar-refractivity contribution in [3.8, 4) is 0 Å². The molecule has 1 aliphatic rings. The third-order valence-corrected chi connectivity index (χ3v) is 3.42. The smallest absolute Gasteiger partial charge is 0.278 e. The van der Waals surface area contributed by atoms with Crippen molar-refractivity contribution in [2.24, 2.45) is 0 Å². The standard InChI is InChI=1S/C13H12N4O3/c1-7-3-2-4-8-11(7)15-16-17(13(8)20)9-5-6-10(18)14-12(9)19/h2-4,9H,5-6H2,1H3,(H,14,18,19). The van der Waals surface area contributed by atoms with Gasteiger partial charge in [0, 0.05) is 6.42 Å². The van der Waals surface area contributed by atoms with Crippen LogP contribution in [0.5, 0.6) is 0 Å². The summed E-state index contributed by atoms with van der Waals surface area (Å²) in [6, 6.07) is 4.47. The van der Waals surface area contributed by atoms with Crippen LogP contribution in [-0.2, 0) is 9.59 Å². The zero-order chi connectivity index (χ0) is 14.3. The van der Waals surface area contributed by atoms with Gasteiger partial charge in [0.15, 0.2) is 0 Å². The average Bonchev–Trinajstić information content (AvgIpc) is 2.41. The summed E-state index contributed by atoms with van der Waals surface area (Å²) in [4.78, 5) is 35.3. The Labute approximate surface area is 113 Å². The summed E-state index contributed by atoms with van der Waals surface area (Å²) in [6.07, 6.45) is 0.451. The number of carbonyl (C=O) groups excluding carboxylic acids is 2. The Hall–Kier alpha value is -2.57. The quantitative estimate of drug-likeness (QED) is 0.742. The molecule has 1 aromatic carbocycles. The molecule has 1 N–H and O–H groups in total. The van der Waals surface area contributed by atoms with Crippen LogP contribution >= 0.6 is 0 Å². The van der Waals surface area contributed by atoms with Crippen molar-refractivity contribution in [3.63, 3.8) is 0 Å². The van der Waals surface area contributed by atoms with E-state index < -0.39 is 11.9 Å². The van der Waals surface area contributed by atoms with Crippen molar-refractivity contribution in [2.75, 3.05) is 0 Å². The SMILES string of the molecule is Cc1cccc2c(=O)n(C3CCC(=O)NC3=O)nnc12. The van der Waals surface area contributed by atoms with Gasteiger partial charge in [-0.2, -0.15) is 4.68 Å². The number of amides is 2. The van der Waals surface area contributed by atoms with Crippen LogP contribution in [0.4, 0.5) is 0 Å². The maximum absolute atomic E-state index is 12.4. The van der Waals surface area contributed by atoms with E-state index in [1.54, 1.807) is 12.1 Å². The number of aryl methyl sites for hydroxylation is 1. The lowest BCUT2D eigenvalue weighted by Gasteiger charge is -2.21. The van der Waals surface area contributed by atoms with Crippen molar-refractivity contribution in [1.82, 2.24) is 20.3 Å². The molecule has 1 aromatic heterocycles. The van der Waals surface area contributed by atoms with Crippen molar-refractivity contribution in [1.29, 1.82) is 0 Å². The fourth-order valence-electron chi connectivity index (χ4n) is 2.34. The molecule has 1 unspecified atom stereocenters. The predicted octanol–water partition coefficient (Wildman–Crippen LogP) is 0.0776. The van der Waals surface area contributed by atoms with Gasteiger partial charge in [-0.3, -0.25) is 19.7 Å². The number of imide groups is 1. The van der Waals surface area contributed by atoms with Crippen molar-refractivity contribution in [3.05, 3.63) is 34.1 Å². The second kappa shape index (κ2) is 4.52. The highest BCUT2D eigenvalue weighted by atomic mass is 16.2. The molecule has 7 heteroatoms. The maximum Gasteiger partial charge on any atom is 0.278 e. The Morgan fingerprint density at radius 3 is 2.85 bits per heavy atom. The van der Waals surface area contributed by atoms with Crippen molar-refractivity contribution in [2.45, 2.75) is 25.8 Å². The average molecular weight is 272 g/mol. The second-order valence-electron chi connectivity index (χ2n) is 4.78. The highest BCUT2D eigenvalue weighted by Gasteiger charge is 2.30. The van der Waals surface area contributed by atoms with Crippen molar-refractivity contribution >= 4 is 22.7 Å². The summed E-state index contributed by atoms with van der Waals surface area (Å²) >= 11 is 0. The third-order valence-electron chi connectivity index (χ3n) is 3.42. The van der Waals surface area contributed by atoms with Gasteiger partial charge in [-0.1, -0.05) is 17.3 Å². The van der Waals surface area contributed by atoms with Gasteiger partial charge in [0.05, 0.1) is 5.39 Å². The van der Waals surface area contributed by atoms with Gasteiger partial charge >= 0.3 is 0 Å². The molecule has 2 aromatic rings. The van der Waals surface area contributed by atoms with Crippen LogP contribution in [-0.4, -0.2) is 26.8 Å². The number of rotatable bonds is 1. The van der Waals surface area contributed by atoms with Gasteiger partial charge in [-0.05, 0) is 25.0 Å². The lowest BCUT2D eigenvalue weighted by Crippen LogP contribution is -2.45. The largest absolute Gasteiger partial charge is 0.295 e. The number of fused-ring (bicyclic) bond motifs is 1. The molecule has 3 rings (SSSR count). The van der Waals surface area contributed by atoms with E-state index in [0.717, 1.165) is 10.2 Å². The Balaban J connectivity index is 2.14. The zero-order valence-electron chi connectivity index (χ0n) is 10.8. The van der Waals surface area contributed by atoms with Crippen LogP contribution in [0, 0.1) is 6.92 Å². The molecule has 0 saturated carbocycles. The Kier molecular flexibility index (Phi) is 2.81.